The second kappa shape index (κ2) is 10.1. The predicted molar refractivity (Wildman–Crippen MR) is 79.4 cm³/mol. The van der Waals surface area contributed by atoms with Gasteiger partial charge in [-0.15, -0.1) is 0 Å². The van der Waals surface area contributed by atoms with Crippen LogP contribution in [-0.4, -0.2) is 30.2 Å². The summed E-state index contributed by atoms with van der Waals surface area (Å²) in [5.74, 6) is 0. The van der Waals surface area contributed by atoms with Crippen molar-refractivity contribution in [1.29, 1.82) is 0 Å². The van der Waals surface area contributed by atoms with E-state index < -0.39 is 0 Å². The lowest BCUT2D eigenvalue weighted by atomic mass is 9.97. The Morgan fingerprint density at radius 3 is 2.58 bits per heavy atom. The number of amides is 1. The Labute approximate surface area is 118 Å². The molecule has 0 spiro atoms. The number of nitrogens with zero attached hydrogens (tertiary/aromatic N) is 1. The summed E-state index contributed by atoms with van der Waals surface area (Å²) in [5.41, 5.74) is 0. The van der Waals surface area contributed by atoms with Gasteiger partial charge in [-0.3, -0.25) is 0 Å². The maximum Gasteiger partial charge on any atom is 0.410 e. The number of ether oxygens (including phenoxy) is 1. The molecule has 0 bridgehead atoms. The number of carbonyl (C=O) groups excluding carboxylic acids is 1. The monoisotopic (exact) mass is 269 g/mol. The zero-order chi connectivity index (χ0) is 13.9. The van der Waals surface area contributed by atoms with Crippen molar-refractivity contribution in [3.05, 3.63) is 0 Å². The fraction of sp³-hybridized carbons (Fsp3) is 0.938. The highest BCUT2D eigenvalue weighted by molar-refractivity contribution is 5.68. The first-order valence-electron chi connectivity index (χ1n) is 8.23. The SMILES string of the molecule is CCCCCOC(=O)N1CCCCC1CCCCC. The molecule has 3 heteroatoms. The smallest absolute Gasteiger partial charge is 0.410 e. The Kier molecular flexibility index (Phi) is 8.68. The fourth-order valence-corrected chi connectivity index (χ4v) is 2.77. The lowest BCUT2D eigenvalue weighted by molar-refractivity contribution is 0.0691. The number of carbonyl (C=O) groups is 1. The summed E-state index contributed by atoms with van der Waals surface area (Å²) >= 11 is 0. The van der Waals surface area contributed by atoms with E-state index in [0.717, 1.165) is 38.6 Å². The summed E-state index contributed by atoms with van der Waals surface area (Å²) in [6.45, 7) is 5.87. The average molecular weight is 269 g/mol. The van der Waals surface area contributed by atoms with Crippen molar-refractivity contribution in [2.24, 2.45) is 0 Å². The summed E-state index contributed by atoms with van der Waals surface area (Å²) in [6, 6.07) is 0.430. The molecule has 0 aromatic rings. The number of hydrogen-bond acceptors (Lipinski definition) is 2. The standard InChI is InChI=1S/C16H31NO2/c1-3-5-7-11-15-12-8-9-13-17(15)16(18)19-14-10-6-4-2/h15H,3-14H2,1-2H3. The molecule has 0 aromatic heterocycles. The van der Waals surface area contributed by atoms with E-state index in [0.29, 0.717) is 12.6 Å². The van der Waals surface area contributed by atoms with Crippen molar-refractivity contribution in [2.45, 2.75) is 84.1 Å². The molecule has 3 nitrogen and oxygen atoms in total. The molecule has 1 aliphatic rings. The summed E-state index contributed by atoms with van der Waals surface area (Å²) < 4.78 is 5.41. The van der Waals surface area contributed by atoms with E-state index in [4.69, 9.17) is 4.74 Å². The molecular formula is C16H31NO2. The van der Waals surface area contributed by atoms with Gasteiger partial charge >= 0.3 is 6.09 Å². The van der Waals surface area contributed by atoms with Crippen molar-refractivity contribution in [3.8, 4) is 0 Å². The van der Waals surface area contributed by atoms with Gasteiger partial charge in [-0.25, -0.2) is 4.79 Å². The Bertz CT molecular complexity index is 243. The first-order valence-corrected chi connectivity index (χ1v) is 8.23. The first kappa shape index (κ1) is 16.3. The summed E-state index contributed by atoms with van der Waals surface area (Å²) in [5, 5.41) is 0. The minimum absolute atomic E-state index is 0.0719. The van der Waals surface area contributed by atoms with Gasteiger partial charge in [0, 0.05) is 12.6 Å². The van der Waals surface area contributed by atoms with Crippen LogP contribution in [0, 0.1) is 0 Å². The van der Waals surface area contributed by atoms with Crippen molar-refractivity contribution in [2.75, 3.05) is 13.2 Å². The van der Waals surface area contributed by atoms with Crippen LogP contribution < -0.4 is 0 Å². The van der Waals surface area contributed by atoms with Crippen molar-refractivity contribution < 1.29 is 9.53 Å². The van der Waals surface area contributed by atoms with E-state index in [2.05, 4.69) is 13.8 Å². The molecule has 1 rings (SSSR count). The van der Waals surface area contributed by atoms with Gasteiger partial charge < -0.3 is 9.64 Å². The zero-order valence-electron chi connectivity index (χ0n) is 12.8. The zero-order valence-corrected chi connectivity index (χ0v) is 12.8. The number of rotatable bonds is 8. The quantitative estimate of drug-likeness (QED) is 0.595. The highest BCUT2D eigenvalue weighted by atomic mass is 16.6. The third kappa shape index (κ3) is 6.31. The third-order valence-corrected chi connectivity index (χ3v) is 3.98. The van der Waals surface area contributed by atoms with E-state index in [1.165, 1.54) is 32.1 Å². The van der Waals surface area contributed by atoms with Crippen molar-refractivity contribution in [3.63, 3.8) is 0 Å². The minimum Gasteiger partial charge on any atom is -0.449 e. The van der Waals surface area contributed by atoms with Gasteiger partial charge in [-0.05, 0) is 32.1 Å². The molecule has 1 unspecified atom stereocenters. The maximum atomic E-state index is 12.1. The number of likely N-dealkylation sites (tertiary alicyclic amines) is 1. The van der Waals surface area contributed by atoms with E-state index in [1.54, 1.807) is 0 Å². The van der Waals surface area contributed by atoms with Gasteiger partial charge in [0.05, 0.1) is 6.61 Å². The fourth-order valence-electron chi connectivity index (χ4n) is 2.77. The molecule has 112 valence electrons. The van der Waals surface area contributed by atoms with Crippen LogP contribution >= 0.6 is 0 Å². The molecule has 1 heterocycles. The second-order valence-electron chi connectivity index (χ2n) is 5.66. The van der Waals surface area contributed by atoms with Gasteiger partial charge in [0.15, 0.2) is 0 Å². The van der Waals surface area contributed by atoms with E-state index >= 15 is 0 Å². The van der Waals surface area contributed by atoms with Gasteiger partial charge in [-0.1, -0.05) is 46.0 Å². The maximum absolute atomic E-state index is 12.1. The molecule has 0 radical (unpaired) electrons. The number of unbranched alkanes of at least 4 members (excludes halogenated alkanes) is 4. The van der Waals surface area contributed by atoms with Crippen LogP contribution in [0.2, 0.25) is 0 Å². The third-order valence-electron chi connectivity index (χ3n) is 3.98. The van der Waals surface area contributed by atoms with Crippen LogP contribution in [0.15, 0.2) is 0 Å². The van der Waals surface area contributed by atoms with E-state index in [9.17, 15) is 4.79 Å². The largest absolute Gasteiger partial charge is 0.449 e. The molecule has 1 atom stereocenters. The van der Waals surface area contributed by atoms with E-state index in [1.807, 2.05) is 4.90 Å². The van der Waals surface area contributed by atoms with Crippen LogP contribution in [0.4, 0.5) is 4.79 Å². The van der Waals surface area contributed by atoms with Crippen LogP contribution in [0.3, 0.4) is 0 Å². The first-order chi connectivity index (χ1) is 9.29. The molecule has 0 saturated carbocycles. The molecule has 1 saturated heterocycles. The Morgan fingerprint density at radius 2 is 1.84 bits per heavy atom. The Morgan fingerprint density at radius 1 is 1.11 bits per heavy atom. The van der Waals surface area contributed by atoms with Gasteiger partial charge in [-0.2, -0.15) is 0 Å². The molecule has 1 aliphatic heterocycles. The summed E-state index contributed by atoms with van der Waals surface area (Å²) in [6.07, 6.45) is 11.7. The minimum atomic E-state index is -0.0719. The van der Waals surface area contributed by atoms with Gasteiger partial charge in [0.2, 0.25) is 0 Å². The lowest BCUT2D eigenvalue weighted by Gasteiger charge is -2.35. The topological polar surface area (TPSA) is 29.5 Å². The molecule has 0 N–H and O–H groups in total. The molecule has 0 aliphatic carbocycles. The number of piperidine rings is 1. The van der Waals surface area contributed by atoms with Crippen molar-refractivity contribution in [1.82, 2.24) is 4.90 Å². The molecule has 1 amide bonds. The highest BCUT2D eigenvalue weighted by Crippen LogP contribution is 2.22. The Balaban J connectivity index is 2.31. The van der Waals surface area contributed by atoms with E-state index in [-0.39, 0.29) is 6.09 Å². The molecule has 0 aromatic carbocycles. The Hall–Kier alpha value is -0.730. The molecule has 1 fully saturated rings. The van der Waals surface area contributed by atoms with Gasteiger partial charge in [0.25, 0.3) is 0 Å². The summed E-state index contributed by atoms with van der Waals surface area (Å²) in [7, 11) is 0. The lowest BCUT2D eigenvalue weighted by Crippen LogP contribution is -2.44. The predicted octanol–water partition coefficient (Wildman–Crippen LogP) is 4.75. The average Bonchev–Trinajstić information content (AvgIpc) is 2.44. The van der Waals surface area contributed by atoms with Crippen LogP contribution in [-0.2, 0) is 4.74 Å². The van der Waals surface area contributed by atoms with Crippen LogP contribution in [0.5, 0.6) is 0 Å². The molecular weight excluding hydrogens is 238 g/mol. The highest BCUT2D eigenvalue weighted by Gasteiger charge is 2.27. The van der Waals surface area contributed by atoms with Crippen molar-refractivity contribution >= 4 is 6.09 Å². The van der Waals surface area contributed by atoms with Crippen LogP contribution in [0.25, 0.3) is 0 Å². The van der Waals surface area contributed by atoms with Gasteiger partial charge in [0.1, 0.15) is 0 Å². The summed E-state index contributed by atoms with van der Waals surface area (Å²) in [4.78, 5) is 14.1. The number of hydrogen-bond donors (Lipinski definition) is 0. The second-order valence-corrected chi connectivity index (χ2v) is 5.66. The molecule has 19 heavy (non-hydrogen) atoms. The van der Waals surface area contributed by atoms with Crippen LogP contribution in [0.1, 0.15) is 78.1 Å². The normalized spacial score (nSPS) is 19.5.